The van der Waals surface area contributed by atoms with Crippen LogP contribution in [0.3, 0.4) is 0 Å². The first kappa shape index (κ1) is 25.1. The molecule has 34 heavy (non-hydrogen) atoms. The van der Waals surface area contributed by atoms with Gasteiger partial charge in [-0.25, -0.2) is 15.0 Å². The predicted octanol–water partition coefficient (Wildman–Crippen LogP) is 5.04. The van der Waals surface area contributed by atoms with Crippen molar-refractivity contribution in [1.29, 1.82) is 0 Å². The van der Waals surface area contributed by atoms with E-state index in [0.29, 0.717) is 30.2 Å². The maximum Gasteiger partial charge on any atom is 0.196 e. The second-order valence-corrected chi connectivity index (χ2v) is 8.49. The number of carbonyl (C=O) groups is 1. The molecule has 0 amide bonds. The maximum absolute atomic E-state index is 11.5. The van der Waals surface area contributed by atoms with Crippen molar-refractivity contribution in [2.75, 3.05) is 19.0 Å². The van der Waals surface area contributed by atoms with Gasteiger partial charge in [0.2, 0.25) is 0 Å². The zero-order valence-electron chi connectivity index (χ0n) is 20.5. The second kappa shape index (κ2) is 11.5. The Hall–Kier alpha value is -3.58. The molecule has 2 aromatic heterocycles. The molecule has 4 rings (SSSR count). The molecule has 178 valence electrons. The summed E-state index contributed by atoms with van der Waals surface area (Å²) in [5.74, 6) is 2.08. The van der Waals surface area contributed by atoms with Crippen LogP contribution in [0.1, 0.15) is 47.6 Å². The van der Waals surface area contributed by atoms with E-state index >= 15 is 0 Å². The number of hydrogen-bond acceptors (Lipinski definition) is 6. The van der Waals surface area contributed by atoms with E-state index in [9.17, 15) is 4.79 Å². The average molecular weight is 460 g/mol. The Balaban J connectivity index is 0.00000158. The molecule has 0 bridgehead atoms. The highest BCUT2D eigenvalue weighted by Gasteiger charge is 2.20. The lowest BCUT2D eigenvalue weighted by molar-refractivity contribution is 0.111. The van der Waals surface area contributed by atoms with Gasteiger partial charge >= 0.3 is 0 Å². The molecule has 0 aliphatic carbocycles. The van der Waals surface area contributed by atoms with Crippen LogP contribution >= 0.6 is 0 Å². The van der Waals surface area contributed by atoms with Crippen LogP contribution in [0.5, 0.6) is 0 Å². The van der Waals surface area contributed by atoms with Crippen molar-refractivity contribution in [2.45, 2.75) is 40.7 Å². The van der Waals surface area contributed by atoms with Gasteiger partial charge in [-0.1, -0.05) is 73.9 Å². The lowest BCUT2D eigenvalue weighted by atomic mass is 10.1. The lowest BCUT2D eigenvalue weighted by Crippen LogP contribution is -2.14. The molecule has 4 aromatic rings. The zero-order chi connectivity index (χ0) is 24.7. The van der Waals surface area contributed by atoms with E-state index in [4.69, 9.17) is 10.1 Å². The largest absolute Gasteiger partial charge is 0.400 e. The SMILES string of the molecule is CCC(C)CNc1nc(C=O)nc2nc(-c3cccc(C)c3)n(Cc3ccc(C)cc3)c12.CO. The molecule has 1 unspecified atom stereocenters. The number of imidazole rings is 1. The number of anilines is 1. The average Bonchev–Trinajstić information content (AvgIpc) is 3.23. The number of aliphatic hydroxyl groups is 1. The van der Waals surface area contributed by atoms with Gasteiger partial charge in [-0.3, -0.25) is 4.79 Å². The van der Waals surface area contributed by atoms with E-state index in [1.54, 1.807) is 0 Å². The Morgan fingerprint density at radius 1 is 1.03 bits per heavy atom. The first-order chi connectivity index (χ1) is 16.5. The molecule has 2 heterocycles. The Bertz CT molecular complexity index is 1250. The van der Waals surface area contributed by atoms with Crippen molar-refractivity contribution >= 4 is 23.3 Å². The van der Waals surface area contributed by atoms with Gasteiger partial charge in [0.1, 0.15) is 11.3 Å². The van der Waals surface area contributed by atoms with E-state index in [1.807, 2.05) is 6.07 Å². The molecular formula is C27H33N5O2. The summed E-state index contributed by atoms with van der Waals surface area (Å²) in [6, 6.07) is 16.8. The summed E-state index contributed by atoms with van der Waals surface area (Å²) >= 11 is 0. The Morgan fingerprint density at radius 2 is 1.76 bits per heavy atom. The highest BCUT2D eigenvalue weighted by molar-refractivity contribution is 5.89. The van der Waals surface area contributed by atoms with Crippen molar-refractivity contribution in [3.05, 3.63) is 71.0 Å². The number of aromatic nitrogens is 4. The number of aliphatic hydroxyl groups excluding tert-OH is 1. The molecule has 0 aliphatic rings. The number of nitrogens with zero attached hydrogens (tertiary/aromatic N) is 4. The third-order valence-corrected chi connectivity index (χ3v) is 5.78. The van der Waals surface area contributed by atoms with Gasteiger partial charge in [-0.15, -0.1) is 0 Å². The second-order valence-electron chi connectivity index (χ2n) is 8.49. The first-order valence-corrected chi connectivity index (χ1v) is 11.5. The fourth-order valence-corrected chi connectivity index (χ4v) is 3.68. The minimum absolute atomic E-state index is 0.139. The Kier molecular flexibility index (Phi) is 8.49. The summed E-state index contributed by atoms with van der Waals surface area (Å²) in [4.78, 5) is 25.4. The third-order valence-electron chi connectivity index (χ3n) is 5.78. The van der Waals surface area contributed by atoms with E-state index in [-0.39, 0.29) is 5.82 Å². The van der Waals surface area contributed by atoms with Gasteiger partial charge in [-0.2, -0.15) is 0 Å². The summed E-state index contributed by atoms with van der Waals surface area (Å²) in [5.41, 5.74) is 5.89. The van der Waals surface area contributed by atoms with Crippen molar-refractivity contribution < 1.29 is 9.90 Å². The highest BCUT2D eigenvalue weighted by atomic mass is 16.2. The first-order valence-electron chi connectivity index (χ1n) is 11.5. The fraction of sp³-hybridized carbons (Fsp3) is 0.333. The topological polar surface area (TPSA) is 92.9 Å². The molecule has 0 radical (unpaired) electrons. The minimum atomic E-state index is 0.139. The molecule has 2 N–H and O–H groups in total. The third kappa shape index (κ3) is 5.66. The molecular weight excluding hydrogens is 426 g/mol. The van der Waals surface area contributed by atoms with Gasteiger partial charge < -0.3 is 15.0 Å². The van der Waals surface area contributed by atoms with E-state index in [1.165, 1.54) is 5.56 Å². The molecule has 0 saturated heterocycles. The van der Waals surface area contributed by atoms with Gasteiger partial charge in [0.05, 0.1) is 0 Å². The van der Waals surface area contributed by atoms with E-state index in [2.05, 4.69) is 90.0 Å². The van der Waals surface area contributed by atoms with Gasteiger partial charge in [0, 0.05) is 25.8 Å². The van der Waals surface area contributed by atoms with Crippen LogP contribution in [0.15, 0.2) is 48.5 Å². The van der Waals surface area contributed by atoms with Crippen molar-refractivity contribution in [2.24, 2.45) is 5.92 Å². The van der Waals surface area contributed by atoms with Crippen LogP contribution in [0.2, 0.25) is 0 Å². The number of aryl methyl sites for hydroxylation is 2. The van der Waals surface area contributed by atoms with Crippen molar-refractivity contribution in [3.8, 4) is 11.4 Å². The standard InChI is InChI=1S/C26H29N5O.CH4O/c1-5-17(2)14-27-24-23-25(29-22(16-32)28-24)30-26(21-8-6-7-19(4)13-21)31(23)15-20-11-9-18(3)10-12-20;1-2/h6-13,16-17H,5,14-15H2,1-4H3,(H,27,28,29);2H,1H3. The van der Waals surface area contributed by atoms with Gasteiger partial charge in [-0.05, 0) is 31.4 Å². The van der Waals surface area contributed by atoms with Gasteiger partial charge in [0.15, 0.2) is 23.6 Å². The molecule has 2 aromatic carbocycles. The maximum atomic E-state index is 11.5. The smallest absolute Gasteiger partial charge is 0.196 e. The normalized spacial score (nSPS) is 11.6. The number of hydrogen-bond donors (Lipinski definition) is 2. The summed E-state index contributed by atoms with van der Waals surface area (Å²) < 4.78 is 2.16. The number of benzene rings is 2. The summed E-state index contributed by atoms with van der Waals surface area (Å²) in [7, 11) is 1.00. The monoisotopic (exact) mass is 459 g/mol. The van der Waals surface area contributed by atoms with Crippen molar-refractivity contribution in [3.63, 3.8) is 0 Å². The summed E-state index contributed by atoms with van der Waals surface area (Å²) in [5, 5.41) is 10.5. The molecule has 0 saturated carbocycles. The Labute approximate surface area is 200 Å². The molecule has 7 heteroatoms. The molecule has 0 aliphatic heterocycles. The van der Waals surface area contributed by atoms with E-state index in [0.717, 1.165) is 48.1 Å². The summed E-state index contributed by atoms with van der Waals surface area (Å²) in [6.07, 6.45) is 1.73. The lowest BCUT2D eigenvalue weighted by Gasteiger charge is -2.15. The number of nitrogens with one attached hydrogen (secondary N) is 1. The van der Waals surface area contributed by atoms with Crippen LogP contribution in [-0.2, 0) is 6.54 Å². The van der Waals surface area contributed by atoms with Crippen LogP contribution < -0.4 is 5.32 Å². The van der Waals surface area contributed by atoms with Crippen LogP contribution in [-0.4, -0.2) is 44.6 Å². The van der Waals surface area contributed by atoms with Crippen LogP contribution in [0.4, 0.5) is 5.82 Å². The van der Waals surface area contributed by atoms with Crippen LogP contribution in [0, 0.1) is 19.8 Å². The van der Waals surface area contributed by atoms with Crippen LogP contribution in [0.25, 0.3) is 22.6 Å². The molecule has 1 atom stereocenters. The predicted molar refractivity (Wildman–Crippen MR) is 137 cm³/mol. The minimum Gasteiger partial charge on any atom is -0.400 e. The van der Waals surface area contributed by atoms with Gasteiger partial charge in [0.25, 0.3) is 0 Å². The number of aldehydes is 1. The number of carbonyl (C=O) groups excluding carboxylic acids is 1. The zero-order valence-corrected chi connectivity index (χ0v) is 20.5. The fourth-order valence-electron chi connectivity index (χ4n) is 3.68. The molecule has 0 spiro atoms. The molecule has 0 fully saturated rings. The number of fused-ring (bicyclic) bond motifs is 1. The quantitative estimate of drug-likeness (QED) is 0.359. The Morgan fingerprint density at radius 3 is 2.41 bits per heavy atom. The van der Waals surface area contributed by atoms with E-state index < -0.39 is 0 Å². The highest BCUT2D eigenvalue weighted by Crippen LogP contribution is 2.29. The summed E-state index contributed by atoms with van der Waals surface area (Å²) in [6.45, 7) is 9.89. The van der Waals surface area contributed by atoms with Crippen molar-refractivity contribution in [1.82, 2.24) is 19.5 Å². The number of rotatable bonds is 8. The molecule has 7 nitrogen and oxygen atoms in total.